The van der Waals surface area contributed by atoms with Crippen molar-refractivity contribution in [2.24, 2.45) is 0 Å². The van der Waals surface area contributed by atoms with E-state index in [1.54, 1.807) is 23.5 Å². The Bertz CT molecular complexity index is 1850. The Hall–Kier alpha value is -4.53. The zero-order chi connectivity index (χ0) is 36.9. The number of hydrogen-bond donors (Lipinski definition) is 2. The number of aromatic nitrogens is 4. The molecule has 13 nitrogen and oxygen atoms in total. The number of piperidine rings is 1. The molecule has 0 aliphatic carbocycles. The molecule has 14 heteroatoms. The van der Waals surface area contributed by atoms with Gasteiger partial charge in [0, 0.05) is 64.5 Å². The van der Waals surface area contributed by atoms with Crippen LogP contribution in [0.2, 0.25) is 25.7 Å². The molecule has 5 heterocycles. The number of morpholine rings is 1. The summed E-state index contributed by atoms with van der Waals surface area (Å²) in [7, 11) is -1.25. The Morgan fingerprint density at radius 2 is 1.75 bits per heavy atom. The van der Waals surface area contributed by atoms with Crippen LogP contribution in [0.4, 0.5) is 22.0 Å². The van der Waals surface area contributed by atoms with E-state index in [2.05, 4.69) is 55.8 Å². The van der Waals surface area contributed by atoms with Gasteiger partial charge in [0.1, 0.15) is 35.8 Å². The summed E-state index contributed by atoms with van der Waals surface area (Å²) in [6, 6.07) is 14.6. The third-order valence-corrected chi connectivity index (χ3v) is 10.8. The molecule has 2 fully saturated rings. The smallest absolute Gasteiger partial charge is 0.410 e. The summed E-state index contributed by atoms with van der Waals surface area (Å²) in [6.45, 7) is 17.8. The van der Waals surface area contributed by atoms with E-state index in [1.807, 2.05) is 51.1 Å². The Morgan fingerprint density at radius 3 is 2.48 bits per heavy atom. The van der Waals surface area contributed by atoms with Crippen LogP contribution in [0.25, 0.3) is 22.3 Å². The van der Waals surface area contributed by atoms with Crippen LogP contribution >= 0.6 is 0 Å². The van der Waals surface area contributed by atoms with Crippen molar-refractivity contribution in [1.29, 1.82) is 0 Å². The van der Waals surface area contributed by atoms with Gasteiger partial charge in [0.05, 0.1) is 24.3 Å². The first-order chi connectivity index (χ1) is 24.8. The van der Waals surface area contributed by atoms with E-state index in [4.69, 9.17) is 19.2 Å². The second-order valence-electron chi connectivity index (χ2n) is 15.7. The number of nitrogens with one attached hydrogen (secondary N) is 2. The number of hydrogen-bond acceptors (Lipinski definition) is 10. The fraction of sp³-hybridized carbons (Fsp3) is 0.500. The normalized spacial score (nSPS) is 16.9. The molecule has 2 aliphatic heterocycles. The molecule has 2 aliphatic rings. The van der Waals surface area contributed by atoms with Gasteiger partial charge in [-0.3, -0.25) is 9.78 Å². The molecule has 0 saturated carbocycles. The number of fused-ring (bicyclic) bond motifs is 1. The number of likely N-dealkylation sites (tertiary alicyclic amines) is 1. The predicted octanol–water partition coefficient (Wildman–Crippen LogP) is 6.71. The molecule has 0 bridgehead atoms. The molecule has 278 valence electrons. The molecule has 1 aromatic carbocycles. The molecule has 2 saturated heterocycles. The summed E-state index contributed by atoms with van der Waals surface area (Å²) < 4.78 is 19.5. The standard InChI is InChI=1S/C38H52N8O5Si/c1-38(2,3)51-37(48)45-15-7-8-30(24-45)42-29-13-14-39-32(22-29)36(47)43-28-11-9-27(10-12-28)33-23-31-34(44-16-18-49-19-17-44)40-25-41-35(31)46(33)26-50-20-21-52(4,5)6/h9-14,22-23,25,30H,7-8,15-21,24,26H2,1-6H3,(H,39,42)(H,43,47). The van der Waals surface area contributed by atoms with E-state index < -0.39 is 13.7 Å². The summed E-state index contributed by atoms with van der Waals surface area (Å²) in [4.78, 5) is 43.7. The van der Waals surface area contributed by atoms with E-state index in [0.717, 1.165) is 65.8 Å². The minimum absolute atomic E-state index is 0.0318. The molecule has 4 aromatic rings. The molecular weight excluding hydrogens is 677 g/mol. The lowest BCUT2D eigenvalue weighted by molar-refractivity contribution is 0.0206. The average Bonchev–Trinajstić information content (AvgIpc) is 3.48. The highest BCUT2D eigenvalue weighted by Crippen LogP contribution is 2.33. The van der Waals surface area contributed by atoms with Gasteiger partial charge < -0.3 is 39.2 Å². The first-order valence-electron chi connectivity index (χ1n) is 18.2. The Labute approximate surface area is 307 Å². The average molecular weight is 729 g/mol. The van der Waals surface area contributed by atoms with Gasteiger partial charge in [0.25, 0.3) is 5.91 Å². The van der Waals surface area contributed by atoms with Crippen molar-refractivity contribution < 1.29 is 23.8 Å². The summed E-state index contributed by atoms with van der Waals surface area (Å²) in [5.41, 5.74) is 3.91. The van der Waals surface area contributed by atoms with Gasteiger partial charge in [-0.1, -0.05) is 31.8 Å². The predicted molar refractivity (Wildman–Crippen MR) is 207 cm³/mol. The molecule has 1 unspecified atom stereocenters. The zero-order valence-electron chi connectivity index (χ0n) is 31.3. The monoisotopic (exact) mass is 728 g/mol. The molecule has 1 atom stereocenters. The van der Waals surface area contributed by atoms with Crippen LogP contribution in [0.3, 0.4) is 0 Å². The highest BCUT2D eigenvalue weighted by atomic mass is 28.3. The first kappa shape index (κ1) is 37.2. The molecule has 0 spiro atoms. The van der Waals surface area contributed by atoms with Crippen LogP contribution < -0.4 is 15.5 Å². The van der Waals surface area contributed by atoms with Crippen molar-refractivity contribution in [2.75, 3.05) is 61.5 Å². The van der Waals surface area contributed by atoms with Crippen molar-refractivity contribution in [3.8, 4) is 11.3 Å². The van der Waals surface area contributed by atoms with Gasteiger partial charge in [-0.25, -0.2) is 14.8 Å². The minimum atomic E-state index is -1.25. The Balaban J connectivity index is 1.15. The number of anilines is 3. The maximum Gasteiger partial charge on any atom is 0.410 e. The number of carbonyl (C=O) groups is 2. The Morgan fingerprint density at radius 1 is 0.981 bits per heavy atom. The van der Waals surface area contributed by atoms with E-state index in [9.17, 15) is 9.59 Å². The zero-order valence-corrected chi connectivity index (χ0v) is 32.3. The molecule has 6 rings (SSSR count). The van der Waals surface area contributed by atoms with Crippen LogP contribution in [-0.4, -0.2) is 102 Å². The van der Waals surface area contributed by atoms with Gasteiger partial charge in [-0.15, -0.1) is 0 Å². The van der Waals surface area contributed by atoms with E-state index in [-0.39, 0.29) is 18.0 Å². The molecule has 2 N–H and O–H groups in total. The summed E-state index contributed by atoms with van der Waals surface area (Å²) in [5.74, 6) is 0.582. The van der Waals surface area contributed by atoms with E-state index in [1.165, 1.54) is 0 Å². The minimum Gasteiger partial charge on any atom is -0.444 e. The lowest BCUT2D eigenvalue weighted by Crippen LogP contribution is -2.47. The third kappa shape index (κ3) is 9.66. The lowest BCUT2D eigenvalue weighted by Gasteiger charge is -2.34. The molecule has 52 heavy (non-hydrogen) atoms. The highest BCUT2D eigenvalue weighted by molar-refractivity contribution is 6.76. The van der Waals surface area contributed by atoms with E-state index in [0.29, 0.717) is 51.0 Å². The van der Waals surface area contributed by atoms with Crippen LogP contribution in [0, 0.1) is 0 Å². The first-order valence-corrected chi connectivity index (χ1v) is 21.9. The van der Waals surface area contributed by atoms with Crippen molar-refractivity contribution in [2.45, 2.75) is 77.7 Å². The maximum absolute atomic E-state index is 13.3. The van der Waals surface area contributed by atoms with Crippen LogP contribution in [0.5, 0.6) is 0 Å². The van der Waals surface area contributed by atoms with Crippen molar-refractivity contribution >= 4 is 48.3 Å². The van der Waals surface area contributed by atoms with Crippen LogP contribution in [0.15, 0.2) is 55.0 Å². The quantitative estimate of drug-likeness (QED) is 0.127. The fourth-order valence-electron chi connectivity index (χ4n) is 6.37. The number of rotatable bonds is 11. The summed E-state index contributed by atoms with van der Waals surface area (Å²) >= 11 is 0. The second-order valence-corrected chi connectivity index (χ2v) is 21.3. The molecular formula is C38H52N8O5Si. The second kappa shape index (κ2) is 16.0. The van der Waals surface area contributed by atoms with Gasteiger partial charge >= 0.3 is 6.09 Å². The largest absolute Gasteiger partial charge is 0.444 e. The molecule has 2 amide bonds. The topological polar surface area (TPSA) is 136 Å². The number of nitrogens with zero attached hydrogens (tertiary/aromatic N) is 6. The number of ether oxygens (including phenoxy) is 3. The van der Waals surface area contributed by atoms with Crippen LogP contribution in [0.1, 0.15) is 44.1 Å². The summed E-state index contributed by atoms with van der Waals surface area (Å²) in [5, 5.41) is 7.44. The van der Waals surface area contributed by atoms with Crippen LogP contribution in [-0.2, 0) is 20.9 Å². The molecule has 3 aromatic heterocycles. The van der Waals surface area contributed by atoms with Crippen molar-refractivity contribution in [1.82, 2.24) is 24.4 Å². The van der Waals surface area contributed by atoms with Crippen molar-refractivity contribution in [3.63, 3.8) is 0 Å². The molecule has 0 radical (unpaired) electrons. The SMILES string of the molecule is CC(C)(C)OC(=O)N1CCCC(Nc2ccnc(C(=O)Nc3ccc(-c4cc5c(N6CCOCC6)ncnc5n4COCC[Si](C)(C)C)cc3)c2)C1. The highest BCUT2D eigenvalue weighted by Gasteiger charge is 2.28. The summed E-state index contributed by atoms with van der Waals surface area (Å²) in [6.07, 6.45) is 4.70. The number of pyridine rings is 1. The van der Waals surface area contributed by atoms with E-state index >= 15 is 0 Å². The Kier molecular flexibility index (Phi) is 11.5. The van der Waals surface area contributed by atoms with Gasteiger partial charge in [-0.05, 0) is 75.6 Å². The maximum atomic E-state index is 13.3. The number of carbonyl (C=O) groups excluding carboxylic acids is 2. The van der Waals surface area contributed by atoms with Gasteiger partial charge in [0.2, 0.25) is 0 Å². The number of amides is 2. The lowest BCUT2D eigenvalue weighted by atomic mass is 10.1. The van der Waals surface area contributed by atoms with Gasteiger partial charge in [-0.2, -0.15) is 0 Å². The number of benzene rings is 1. The van der Waals surface area contributed by atoms with Crippen molar-refractivity contribution in [3.05, 3.63) is 60.7 Å². The third-order valence-electron chi connectivity index (χ3n) is 9.07. The van der Waals surface area contributed by atoms with Gasteiger partial charge in [0.15, 0.2) is 0 Å². The fourth-order valence-corrected chi connectivity index (χ4v) is 7.13.